The van der Waals surface area contributed by atoms with Crippen LogP contribution in [0.25, 0.3) is 0 Å². The van der Waals surface area contributed by atoms with Crippen LogP contribution < -0.4 is 0 Å². The highest BCUT2D eigenvalue weighted by Gasteiger charge is 2.19. The molecular formula is C54H86O6. The zero-order valence-corrected chi connectivity index (χ0v) is 38.4. The standard InChI is InChI=1S/C54H86O6/c1-4-7-10-13-16-19-21-23-25-26-27-28-29-31-32-35-38-41-44-47-53(56)59-50-51(49-58-52(55)46-43-40-37-34-18-15-12-9-6-3)60-54(57)48-45-42-39-36-33-30-24-22-20-17-14-11-8-5-2/h7,9-10,12,16,18-19,23,25,27-28,30-34,38,41,51H,4-6,8,11,13-15,17,20-22,24,26,29,35-37,39-40,42-50H2,1-3H3/b10-7-,12-9-,19-16-,25-23-,28-27-,32-31-,33-30-,34-18-,41-38-. The first-order valence-corrected chi connectivity index (χ1v) is 23.9. The summed E-state index contributed by atoms with van der Waals surface area (Å²) in [6.45, 7) is 6.26. The molecule has 338 valence electrons. The Kier molecular flexibility index (Phi) is 44.6. The van der Waals surface area contributed by atoms with Crippen LogP contribution in [0.15, 0.2) is 109 Å². The van der Waals surface area contributed by atoms with Crippen LogP contribution in [0.5, 0.6) is 0 Å². The topological polar surface area (TPSA) is 78.9 Å². The largest absolute Gasteiger partial charge is 0.462 e. The number of rotatable bonds is 41. The highest BCUT2D eigenvalue weighted by Crippen LogP contribution is 2.11. The summed E-state index contributed by atoms with van der Waals surface area (Å²) in [4.78, 5) is 37.7. The van der Waals surface area contributed by atoms with Gasteiger partial charge in [0.2, 0.25) is 0 Å². The number of unbranched alkanes of at least 4 members (excludes halogenated alkanes) is 12. The summed E-state index contributed by atoms with van der Waals surface area (Å²) < 4.78 is 16.6. The molecule has 0 aliphatic carbocycles. The fraction of sp³-hybridized carbons (Fsp3) is 0.611. The lowest BCUT2D eigenvalue weighted by Crippen LogP contribution is -2.30. The van der Waals surface area contributed by atoms with Crippen molar-refractivity contribution in [3.63, 3.8) is 0 Å². The van der Waals surface area contributed by atoms with Crippen LogP contribution in [0.3, 0.4) is 0 Å². The van der Waals surface area contributed by atoms with Crippen molar-refractivity contribution in [2.24, 2.45) is 0 Å². The van der Waals surface area contributed by atoms with Crippen LogP contribution in [0.1, 0.15) is 194 Å². The molecule has 0 bridgehead atoms. The number of ether oxygens (including phenoxy) is 3. The molecule has 0 aliphatic heterocycles. The Labute approximate surface area is 368 Å². The van der Waals surface area contributed by atoms with E-state index in [4.69, 9.17) is 14.2 Å². The number of allylic oxidation sites excluding steroid dienone is 18. The van der Waals surface area contributed by atoms with Crippen molar-refractivity contribution in [3.05, 3.63) is 109 Å². The van der Waals surface area contributed by atoms with Gasteiger partial charge in [0, 0.05) is 19.3 Å². The van der Waals surface area contributed by atoms with Crippen LogP contribution in [-0.2, 0) is 28.6 Å². The van der Waals surface area contributed by atoms with Crippen molar-refractivity contribution < 1.29 is 28.6 Å². The predicted molar refractivity (Wildman–Crippen MR) is 256 cm³/mol. The molecule has 0 aromatic heterocycles. The minimum Gasteiger partial charge on any atom is -0.462 e. The van der Waals surface area contributed by atoms with Gasteiger partial charge in [-0.25, -0.2) is 0 Å². The Morgan fingerprint density at radius 1 is 0.350 bits per heavy atom. The van der Waals surface area contributed by atoms with Gasteiger partial charge < -0.3 is 14.2 Å². The molecule has 0 aromatic carbocycles. The molecule has 0 aromatic rings. The summed E-state index contributed by atoms with van der Waals surface area (Å²) in [6, 6.07) is 0. The summed E-state index contributed by atoms with van der Waals surface area (Å²) >= 11 is 0. The van der Waals surface area contributed by atoms with Crippen molar-refractivity contribution in [2.45, 2.75) is 200 Å². The Morgan fingerprint density at radius 3 is 1.17 bits per heavy atom. The molecule has 6 nitrogen and oxygen atoms in total. The van der Waals surface area contributed by atoms with Crippen molar-refractivity contribution in [1.82, 2.24) is 0 Å². The maximum atomic E-state index is 12.7. The maximum absolute atomic E-state index is 12.7. The number of carbonyl (C=O) groups excluding carboxylic acids is 3. The number of hydrogen-bond donors (Lipinski definition) is 0. The van der Waals surface area contributed by atoms with Gasteiger partial charge in [-0.2, -0.15) is 0 Å². The highest BCUT2D eigenvalue weighted by atomic mass is 16.6. The quantitative estimate of drug-likeness (QED) is 0.0264. The van der Waals surface area contributed by atoms with E-state index in [0.717, 1.165) is 103 Å². The number of hydrogen-bond acceptors (Lipinski definition) is 6. The molecule has 6 heteroatoms. The van der Waals surface area contributed by atoms with Gasteiger partial charge in [0.15, 0.2) is 6.10 Å². The van der Waals surface area contributed by atoms with E-state index in [2.05, 4.69) is 118 Å². The molecule has 0 saturated carbocycles. The Hall–Kier alpha value is -3.93. The third kappa shape index (κ3) is 45.2. The van der Waals surface area contributed by atoms with Gasteiger partial charge in [-0.05, 0) is 109 Å². The summed E-state index contributed by atoms with van der Waals surface area (Å²) in [5.74, 6) is -1.07. The third-order valence-corrected chi connectivity index (χ3v) is 9.51. The van der Waals surface area contributed by atoms with Crippen LogP contribution in [0.2, 0.25) is 0 Å². The smallest absolute Gasteiger partial charge is 0.306 e. The SMILES string of the molecule is CC/C=C\C/C=C\C/C=C\C/C=C\C/C=C\C/C=C\CCC(=O)OCC(COC(=O)CCCC/C=C\C/C=C\CC)OC(=O)CCCCC/C=C\CCCCCCCCC. The first-order chi connectivity index (χ1) is 29.5. The van der Waals surface area contributed by atoms with Crippen molar-refractivity contribution in [1.29, 1.82) is 0 Å². The molecule has 0 aliphatic rings. The van der Waals surface area contributed by atoms with Gasteiger partial charge in [0.25, 0.3) is 0 Å². The number of carbonyl (C=O) groups is 3. The minimum absolute atomic E-state index is 0.127. The summed E-state index contributed by atoms with van der Waals surface area (Å²) in [7, 11) is 0. The first-order valence-electron chi connectivity index (χ1n) is 23.9. The average Bonchev–Trinajstić information content (AvgIpc) is 3.24. The van der Waals surface area contributed by atoms with Gasteiger partial charge in [-0.3, -0.25) is 14.4 Å². The molecule has 60 heavy (non-hydrogen) atoms. The van der Waals surface area contributed by atoms with E-state index in [1.54, 1.807) is 0 Å². The molecule has 0 amide bonds. The molecule has 0 spiro atoms. The van der Waals surface area contributed by atoms with E-state index in [0.29, 0.717) is 12.8 Å². The number of esters is 3. The van der Waals surface area contributed by atoms with Gasteiger partial charge >= 0.3 is 17.9 Å². The third-order valence-electron chi connectivity index (χ3n) is 9.51. The molecule has 0 heterocycles. The molecular weight excluding hydrogens is 745 g/mol. The van der Waals surface area contributed by atoms with Gasteiger partial charge in [0.05, 0.1) is 0 Å². The second-order valence-corrected chi connectivity index (χ2v) is 15.2. The van der Waals surface area contributed by atoms with E-state index in [-0.39, 0.29) is 44.0 Å². The zero-order chi connectivity index (χ0) is 43.7. The average molecular weight is 831 g/mol. The second-order valence-electron chi connectivity index (χ2n) is 15.2. The van der Waals surface area contributed by atoms with E-state index < -0.39 is 6.10 Å². The van der Waals surface area contributed by atoms with E-state index >= 15 is 0 Å². The fourth-order valence-electron chi connectivity index (χ4n) is 5.97. The zero-order valence-electron chi connectivity index (χ0n) is 38.4. The highest BCUT2D eigenvalue weighted by molar-refractivity contribution is 5.71. The molecule has 0 saturated heterocycles. The van der Waals surface area contributed by atoms with Crippen LogP contribution in [-0.4, -0.2) is 37.2 Å². The van der Waals surface area contributed by atoms with Gasteiger partial charge in [-0.1, -0.05) is 175 Å². The van der Waals surface area contributed by atoms with E-state index in [9.17, 15) is 14.4 Å². The summed E-state index contributed by atoms with van der Waals surface area (Å²) in [6.07, 6.45) is 63.8. The molecule has 0 fully saturated rings. The van der Waals surface area contributed by atoms with Crippen LogP contribution in [0.4, 0.5) is 0 Å². The van der Waals surface area contributed by atoms with Crippen LogP contribution in [0, 0.1) is 0 Å². The lowest BCUT2D eigenvalue weighted by Gasteiger charge is -2.18. The molecule has 0 rings (SSSR count). The lowest BCUT2D eigenvalue weighted by molar-refractivity contribution is -0.166. The monoisotopic (exact) mass is 831 g/mol. The Balaban J connectivity index is 4.52. The minimum atomic E-state index is -0.829. The first kappa shape index (κ1) is 56.1. The maximum Gasteiger partial charge on any atom is 0.306 e. The summed E-state index contributed by atoms with van der Waals surface area (Å²) in [5, 5.41) is 0. The predicted octanol–water partition coefficient (Wildman–Crippen LogP) is 15.6. The van der Waals surface area contributed by atoms with E-state index in [1.165, 1.54) is 44.9 Å². The van der Waals surface area contributed by atoms with Gasteiger partial charge in [0.1, 0.15) is 13.2 Å². The van der Waals surface area contributed by atoms with Crippen molar-refractivity contribution in [2.75, 3.05) is 13.2 Å². The molecule has 1 unspecified atom stereocenters. The van der Waals surface area contributed by atoms with E-state index in [1.807, 2.05) is 12.2 Å². The molecule has 0 radical (unpaired) electrons. The van der Waals surface area contributed by atoms with Crippen molar-refractivity contribution in [3.8, 4) is 0 Å². The normalized spacial score (nSPS) is 13.1. The summed E-state index contributed by atoms with van der Waals surface area (Å²) in [5.41, 5.74) is 0. The van der Waals surface area contributed by atoms with Gasteiger partial charge in [-0.15, -0.1) is 0 Å². The molecule has 1 atom stereocenters. The van der Waals surface area contributed by atoms with Crippen LogP contribution >= 0.6 is 0 Å². The Bertz CT molecular complexity index is 1280. The fourth-order valence-corrected chi connectivity index (χ4v) is 5.97. The lowest BCUT2D eigenvalue weighted by atomic mass is 10.1. The molecule has 0 N–H and O–H groups in total. The Morgan fingerprint density at radius 2 is 0.683 bits per heavy atom. The second kappa shape index (κ2) is 47.7. The van der Waals surface area contributed by atoms with Crippen molar-refractivity contribution >= 4 is 17.9 Å².